The maximum atomic E-state index is 11.5. The van der Waals surface area contributed by atoms with Gasteiger partial charge in [0.25, 0.3) is 6.43 Å². The Labute approximate surface area is 71.3 Å². The van der Waals surface area contributed by atoms with Crippen molar-refractivity contribution in [2.45, 2.75) is 18.9 Å². The minimum atomic E-state index is -2.40. The first-order chi connectivity index (χ1) is 5.70. The molecule has 0 amide bonds. The van der Waals surface area contributed by atoms with Crippen molar-refractivity contribution in [2.24, 2.45) is 0 Å². The summed E-state index contributed by atoms with van der Waals surface area (Å²) in [5, 5.41) is 2.84. The van der Waals surface area contributed by atoms with Crippen LogP contribution in [0.5, 0.6) is 0 Å². The fourth-order valence-electron chi connectivity index (χ4n) is 0.685. The third-order valence-electron chi connectivity index (χ3n) is 1.34. The summed E-state index contributed by atoms with van der Waals surface area (Å²) in [6.45, 7) is -0.249. The summed E-state index contributed by atoms with van der Waals surface area (Å²) >= 11 is 0. The molecule has 0 aromatic heterocycles. The lowest BCUT2D eigenvalue weighted by atomic mass is 10.2. The van der Waals surface area contributed by atoms with Crippen LogP contribution in [0, 0.1) is 12.3 Å². The van der Waals surface area contributed by atoms with Gasteiger partial charge in [0.15, 0.2) is 0 Å². The maximum Gasteiger partial charge on any atom is 0.261 e. The van der Waals surface area contributed by atoms with Crippen LogP contribution >= 0.6 is 0 Å². The average Bonchev–Trinajstić information content (AvgIpc) is 2.04. The molecule has 0 bridgehead atoms. The molecule has 0 spiro atoms. The largest absolute Gasteiger partial charge is 0.375 e. The van der Waals surface area contributed by atoms with Gasteiger partial charge in [-0.1, -0.05) is 5.92 Å². The molecule has 0 aromatic rings. The van der Waals surface area contributed by atoms with Gasteiger partial charge in [0.05, 0.1) is 6.04 Å². The summed E-state index contributed by atoms with van der Waals surface area (Å²) in [7, 11) is 1.72. The van der Waals surface area contributed by atoms with E-state index >= 15 is 0 Å². The minimum Gasteiger partial charge on any atom is -0.375 e. The van der Waals surface area contributed by atoms with Gasteiger partial charge in [-0.2, -0.15) is 0 Å². The molecule has 0 saturated heterocycles. The van der Waals surface area contributed by atoms with Crippen LogP contribution in [0.4, 0.5) is 8.78 Å². The van der Waals surface area contributed by atoms with Crippen LogP contribution in [0.3, 0.4) is 0 Å². The highest BCUT2D eigenvalue weighted by atomic mass is 19.3. The van der Waals surface area contributed by atoms with E-state index in [0.29, 0.717) is 6.42 Å². The minimum absolute atomic E-state index is 0.0947. The zero-order valence-electron chi connectivity index (χ0n) is 7.02. The van der Waals surface area contributed by atoms with Gasteiger partial charge in [-0.15, -0.1) is 6.42 Å². The lowest BCUT2D eigenvalue weighted by Crippen LogP contribution is -2.25. The van der Waals surface area contributed by atoms with Gasteiger partial charge in [0.2, 0.25) is 0 Å². The summed E-state index contributed by atoms with van der Waals surface area (Å²) < 4.78 is 27.7. The molecule has 0 aliphatic rings. The van der Waals surface area contributed by atoms with Crippen molar-refractivity contribution >= 4 is 0 Å². The van der Waals surface area contributed by atoms with Crippen molar-refractivity contribution in [1.29, 1.82) is 0 Å². The Bertz CT molecular complexity index is 144. The van der Waals surface area contributed by atoms with E-state index < -0.39 is 13.0 Å². The Balaban J connectivity index is 3.25. The summed E-state index contributed by atoms with van der Waals surface area (Å²) in [5.74, 6) is 2.46. The molecule has 70 valence electrons. The smallest absolute Gasteiger partial charge is 0.261 e. The molecule has 12 heavy (non-hydrogen) atoms. The van der Waals surface area contributed by atoms with Gasteiger partial charge < -0.3 is 10.1 Å². The van der Waals surface area contributed by atoms with Gasteiger partial charge >= 0.3 is 0 Å². The Morgan fingerprint density at radius 1 is 1.58 bits per heavy atom. The average molecular weight is 177 g/mol. The van der Waals surface area contributed by atoms with E-state index in [2.05, 4.69) is 16.0 Å². The van der Waals surface area contributed by atoms with Crippen LogP contribution in [-0.4, -0.2) is 32.7 Å². The van der Waals surface area contributed by atoms with Crippen molar-refractivity contribution in [3.05, 3.63) is 0 Å². The Morgan fingerprint density at radius 2 is 2.25 bits per heavy atom. The molecule has 4 heteroatoms. The highest BCUT2D eigenvalue weighted by Gasteiger charge is 2.04. The second-order valence-electron chi connectivity index (χ2n) is 2.26. The predicted octanol–water partition coefficient (Wildman–Crippen LogP) is 0.879. The molecule has 0 fully saturated rings. The molecular weight excluding hydrogens is 164 g/mol. The van der Waals surface area contributed by atoms with Crippen molar-refractivity contribution in [1.82, 2.24) is 5.32 Å². The number of halogens is 2. The number of alkyl halides is 2. The number of terminal acetylenes is 1. The Kier molecular flexibility index (Phi) is 6.63. The quantitative estimate of drug-likeness (QED) is 0.480. The van der Waals surface area contributed by atoms with E-state index in [4.69, 9.17) is 6.42 Å². The molecule has 0 aromatic carbocycles. The van der Waals surface area contributed by atoms with Crippen LogP contribution in [0.1, 0.15) is 6.42 Å². The number of hydrogen-bond acceptors (Lipinski definition) is 2. The predicted molar refractivity (Wildman–Crippen MR) is 43.1 cm³/mol. The molecule has 2 nitrogen and oxygen atoms in total. The fourth-order valence-corrected chi connectivity index (χ4v) is 0.685. The number of hydrogen-bond donors (Lipinski definition) is 1. The summed E-state index contributed by atoms with van der Waals surface area (Å²) in [6, 6.07) is -0.0947. The number of rotatable bonds is 6. The fraction of sp³-hybridized carbons (Fsp3) is 0.750. The second-order valence-corrected chi connectivity index (χ2v) is 2.26. The first-order valence-electron chi connectivity index (χ1n) is 3.70. The molecule has 0 radical (unpaired) electrons. The van der Waals surface area contributed by atoms with E-state index in [0.717, 1.165) is 0 Å². The van der Waals surface area contributed by atoms with Crippen LogP contribution in [0.15, 0.2) is 0 Å². The lowest BCUT2D eigenvalue weighted by molar-refractivity contribution is 0.0157. The van der Waals surface area contributed by atoms with Gasteiger partial charge in [0.1, 0.15) is 6.61 Å². The van der Waals surface area contributed by atoms with E-state index in [9.17, 15) is 8.78 Å². The monoisotopic (exact) mass is 177 g/mol. The Hall–Kier alpha value is -0.660. The van der Waals surface area contributed by atoms with Crippen molar-refractivity contribution in [3.8, 4) is 12.3 Å². The molecule has 0 aliphatic heterocycles. The topological polar surface area (TPSA) is 21.3 Å². The molecule has 1 N–H and O–H groups in total. The van der Waals surface area contributed by atoms with Gasteiger partial charge in [-0.25, -0.2) is 8.78 Å². The molecular formula is C8H13F2NO. The SMILES string of the molecule is C#CC(CCOCC(F)F)NC. The van der Waals surface area contributed by atoms with Crippen LogP contribution in [0.25, 0.3) is 0 Å². The first-order valence-corrected chi connectivity index (χ1v) is 3.70. The summed E-state index contributed by atoms with van der Waals surface area (Å²) in [4.78, 5) is 0. The van der Waals surface area contributed by atoms with E-state index in [1.165, 1.54) is 0 Å². The molecule has 0 saturated carbocycles. The zero-order chi connectivity index (χ0) is 9.40. The van der Waals surface area contributed by atoms with Crippen LogP contribution in [0.2, 0.25) is 0 Å². The summed E-state index contributed by atoms with van der Waals surface area (Å²) in [6.07, 6.45) is 3.27. The van der Waals surface area contributed by atoms with E-state index in [1.54, 1.807) is 7.05 Å². The molecule has 0 aliphatic carbocycles. The van der Waals surface area contributed by atoms with Crippen LogP contribution < -0.4 is 5.32 Å². The van der Waals surface area contributed by atoms with E-state index in [-0.39, 0.29) is 12.6 Å². The first kappa shape index (κ1) is 11.3. The van der Waals surface area contributed by atoms with Crippen molar-refractivity contribution < 1.29 is 13.5 Å². The van der Waals surface area contributed by atoms with Crippen molar-refractivity contribution in [3.63, 3.8) is 0 Å². The zero-order valence-corrected chi connectivity index (χ0v) is 7.02. The standard InChI is InChI=1S/C8H13F2NO/c1-3-7(11-2)4-5-12-6-8(9)10/h1,7-8,11H,4-6H2,2H3. The van der Waals surface area contributed by atoms with E-state index in [1.807, 2.05) is 0 Å². The van der Waals surface area contributed by atoms with Gasteiger partial charge in [-0.3, -0.25) is 0 Å². The normalized spacial score (nSPS) is 12.9. The third-order valence-corrected chi connectivity index (χ3v) is 1.34. The lowest BCUT2D eigenvalue weighted by Gasteiger charge is -2.08. The number of nitrogens with one attached hydrogen (secondary N) is 1. The highest BCUT2D eigenvalue weighted by Crippen LogP contribution is 1.95. The van der Waals surface area contributed by atoms with Crippen molar-refractivity contribution in [2.75, 3.05) is 20.3 Å². The van der Waals surface area contributed by atoms with Gasteiger partial charge in [0, 0.05) is 6.61 Å². The highest BCUT2D eigenvalue weighted by molar-refractivity contribution is 4.97. The Morgan fingerprint density at radius 3 is 2.67 bits per heavy atom. The third kappa shape index (κ3) is 6.08. The molecule has 1 atom stereocenters. The van der Waals surface area contributed by atoms with Crippen LogP contribution in [-0.2, 0) is 4.74 Å². The van der Waals surface area contributed by atoms with Gasteiger partial charge in [-0.05, 0) is 13.5 Å². The molecule has 0 rings (SSSR count). The molecule has 0 heterocycles. The molecule has 1 unspecified atom stereocenters. The number of ether oxygens (including phenoxy) is 1. The second kappa shape index (κ2) is 7.01. The summed E-state index contributed by atoms with van der Waals surface area (Å²) in [5.41, 5.74) is 0. The maximum absolute atomic E-state index is 11.5.